The molecule has 0 aliphatic carbocycles. The molecule has 0 unspecified atom stereocenters. The topological polar surface area (TPSA) is 57.2 Å². The van der Waals surface area contributed by atoms with Crippen molar-refractivity contribution in [2.24, 2.45) is 0 Å². The van der Waals surface area contributed by atoms with E-state index in [-0.39, 0.29) is 11.7 Å². The molecule has 1 aliphatic heterocycles. The third-order valence-corrected chi connectivity index (χ3v) is 4.15. The lowest BCUT2D eigenvalue weighted by Gasteiger charge is -2.25. The predicted molar refractivity (Wildman–Crippen MR) is 69.3 cm³/mol. The summed E-state index contributed by atoms with van der Waals surface area (Å²) in [5.41, 5.74) is 2.22. The Bertz CT molecular complexity index is 712. The highest BCUT2D eigenvalue weighted by Crippen LogP contribution is 2.35. The number of fused-ring (bicyclic) bond motifs is 2. The molecule has 0 radical (unpaired) electrons. The van der Waals surface area contributed by atoms with Gasteiger partial charge in [-0.2, -0.15) is 5.26 Å². The summed E-state index contributed by atoms with van der Waals surface area (Å²) in [7, 11) is 1.78. The number of hydrogen-bond acceptors (Lipinski definition) is 3. The van der Waals surface area contributed by atoms with Gasteiger partial charge in [0.05, 0.1) is 0 Å². The molecule has 0 fully saturated rings. The Morgan fingerprint density at radius 1 is 1.50 bits per heavy atom. The molecule has 1 aromatic heterocycles. The molecule has 0 atom stereocenters. The van der Waals surface area contributed by atoms with Gasteiger partial charge in [0, 0.05) is 35.1 Å². The molecule has 18 heavy (non-hydrogen) atoms. The molecule has 0 spiro atoms. The SMILES string of the molecule is CN1CCc2c(cc3oc(C#N)cc3c2Br)C1=O. The van der Waals surface area contributed by atoms with Gasteiger partial charge in [-0.1, -0.05) is 0 Å². The van der Waals surface area contributed by atoms with E-state index in [9.17, 15) is 4.79 Å². The van der Waals surface area contributed by atoms with Gasteiger partial charge in [-0.05, 0) is 34.0 Å². The summed E-state index contributed by atoms with van der Waals surface area (Å²) in [6.45, 7) is 0.707. The average molecular weight is 305 g/mol. The van der Waals surface area contributed by atoms with Crippen LogP contribution in [0.15, 0.2) is 21.0 Å². The van der Waals surface area contributed by atoms with Gasteiger partial charge < -0.3 is 9.32 Å². The van der Waals surface area contributed by atoms with Crippen LogP contribution >= 0.6 is 15.9 Å². The molecule has 1 aromatic carbocycles. The zero-order chi connectivity index (χ0) is 12.9. The van der Waals surface area contributed by atoms with E-state index in [0.29, 0.717) is 17.7 Å². The molecular formula is C13H9BrN2O2. The number of nitriles is 1. The first-order chi connectivity index (χ1) is 8.61. The average Bonchev–Trinajstić information content (AvgIpc) is 2.78. The van der Waals surface area contributed by atoms with Crippen molar-refractivity contribution < 1.29 is 9.21 Å². The second-order valence-corrected chi connectivity index (χ2v) is 5.12. The number of nitrogens with zero attached hydrogens (tertiary/aromatic N) is 2. The standard InChI is InChI=1S/C13H9BrN2O2/c1-16-3-2-8-9(13(16)17)5-11-10(12(8)14)4-7(6-15)18-11/h4-5H,2-3H2,1H3. The monoisotopic (exact) mass is 304 g/mol. The molecule has 3 rings (SSSR count). The maximum absolute atomic E-state index is 12.1. The first-order valence-electron chi connectivity index (χ1n) is 5.52. The van der Waals surface area contributed by atoms with Crippen LogP contribution in [0.2, 0.25) is 0 Å². The molecule has 0 saturated heterocycles. The third-order valence-electron chi connectivity index (χ3n) is 3.25. The van der Waals surface area contributed by atoms with Gasteiger partial charge in [0.2, 0.25) is 5.76 Å². The second-order valence-electron chi connectivity index (χ2n) is 4.33. The number of rotatable bonds is 0. The van der Waals surface area contributed by atoms with Crippen molar-refractivity contribution in [2.75, 3.05) is 13.6 Å². The lowest BCUT2D eigenvalue weighted by Crippen LogP contribution is -2.34. The number of carbonyl (C=O) groups is 1. The number of benzene rings is 1. The Balaban J connectivity index is 2.33. The Kier molecular flexibility index (Phi) is 2.42. The number of halogens is 1. The van der Waals surface area contributed by atoms with Crippen molar-refractivity contribution in [1.29, 1.82) is 5.26 Å². The third kappa shape index (κ3) is 1.46. The smallest absolute Gasteiger partial charge is 0.254 e. The number of likely N-dealkylation sites (N-methyl/N-ethyl adjacent to an activating group) is 1. The fraction of sp³-hybridized carbons (Fsp3) is 0.231. The van der Waals surface area contributed by atoms with Gasteiger partial charge in [0.15, 0.2) is 0 Å². The van der Waals surface area contributed by atoms with Crippen LogP contribution in [-0.2, 0) is 6.42 Å². The zero-order valence-corrected chi connectivity index (χ0v) is 11.2. The maximum Gasteiger partial charge on any atom is 0.254 e. The molecule has 2 heterocycles. The molecule has 4 nitrogen and oxygen atoms in total. The normalized spacial score (nSPS) is 14.7. The molecular weight excluding hydrogens is 296 g/mol. The number of amides is 1. The Morgan fingerprint density at radius 3 is 3.00 bits per heavy atom. The van der Waals surface area contributed by atoms with Gasteiger partial charge in [-0.15, -0.1) is 0 Å². The van der Waals surface area contributed by atoms with E-state index in [0.717, 1.165) is 21.8 Å². The van der Waals surface area contributed by atoms with Crippen LogP contribution in [0.4, 0.5) is 0 Å². The van der Waals surface area contributed by atoms with Gasteiger partial charge in [0.25, 0.3) is 5.91 Å². The summed E-state index contributed by atoms with van der Waals surface area (Å²) in [4.78, 5) is 13.8. The highest BCUT2D eigenvalue weighted by atomic mass is 79.9. The molecule has 0 N–H and O–H groups in total. The van der Waals surface area contributed by atoms with Gasteiger partial charge in [-0.25, -0.2) is 0 Å². The maximum atomic E-state index is 12.1. The molecule has 0 saturated carbocycles. The number of carbonyl (C=O) groups excluding carboxylic acids is 1. The molecule has 5 heteroatoms. The Labute approximate surface area is 112 Å². The van der Waals surface area contributed by atoms with Crippen molar-refractivity contribution >= 4 is 32.8 Å². The van der Waals surface area contributed by atoms with Crippen LogP contribution in [0.3, 0.4) is 0 Å². The van der Waals surface area contributed by atoms with E-state index < -0.39 is 0 Å². The van der Waals surface area contributed by atoms with Crippen molar-refractivity contribution in [3.05, 3.63) is 33.5 Å². The second kappa shape index (κ2) is 3.85. The minimum absolute atomic E-state index is 0.00578. The lowest BCUT2D eigenvalue weighted by atomic mass is 9.97. The predicted octanol–water partition coefficient (Wildman–Crippen LogP) is 2.70. The molecule has 0 bridgehead atoms. The van der Waals surface area contributed by atoms with Crippen molar-refractivity contribution in [3.8, 4) is 6.07 Å². The van der Waals surface area contributed by atoms with Crippen LogP contribution in [0, 0.1) is 11.3 Å². The van der Waals surface area contributed by atoms with E-state index in [1.807, 2.05) is 6.07 Å². The fourth-order valence-electron chi connectivity index (χ4n) is 2.26. The highest BCUT2D eigenvalue weighted by Gasteiger charge is 2.25. The van der Waals surface area contributed by atoms with Crippen molar-refractivity contribution in [2.45, 2.75) is 6.42 Å². The fourth-order valence-corrected chi connectivity index (χ4v) is 2.98. The summed E-state index contributed by atoms with van der Waals surface area (Å²) < 4.78 is 6.25. The molecule has 1 amide bonds. The summed E-state index contributed by atoms with van der Waals surface area (Å²) in [5.74, 6) is 0.252. The lowest BCUT2D eigenvalue weighted by molar-refractivity contribution is 0.0780. The summed E-state index contributed by atoms with van der Waals surface area (Å²) in [6, 6.07) is 5.40. The number of hydrogen-bond donors (Lipinski definition) is 0. The molecule has 90 valence electrons. The first-order valence-corrected chi connectivity index (χ1v) is 6.31. The van der Waals surface area contributed by atoms with E-state index in [4.69, 9.17) is 9.68 Å². The minimum atomic E-state index is -0.00578. The minimum Gasteiger partial charge on any atom is -0.446 e. The Morgan fingerprint density at radius 2 is 2.28 bits per heavy atom. The van der Waals surface area contributed by atoms with Crippen molar-refractivity contribution in [3.63, 3.8) is 0 Å². The summed E-state index contributed by atoms with van der Waals surface area (Å²) >= 11 is 3.52. The number of furan rings is 1. The van der Waals surface area contributed by atoms with E-state index in [1.165, 1.54) is 0 Å². The largest absolute Gasteiger partial charge is 0.446 e. The van der Waals surface area contributed by atoms with Gasteiger partial charge in [0.1, 0.15) is 11.7 Å². The van der Waals surface area contributed by atoms with Crippen LogP contribution in [0.5, 0.6) is 0 Å². The van der Waals surface area contributed by atoms with Crippen LogP contribution in [0.1, 0.15) is 21.7 Å². The quantitative estimate of drug-likeness (QED) is 0.752. The van der Waals surface area contributed by atoms with Crippen LogP contribution < -0.4 is 0 Å². The summed E-state index contributed by atoms with van der Waals surface area (Å²) in [6.07, 6.45) is 0.807. The molecule has 1 aliphatic rings. The Hall–Kier alpha value is -1.80. The zero-order valence-electron chi connectivity index (χ0n) is 9.66. The first kappa shape index (κ1) is 11.3. The van der Waals surface area contributed by atoms with Crippen molar-refractivity contribution in [1.82, 2.24) is 4.90 Å². The van der Waals surface area contributed by atoms with E-state index in [2.05, 4.69) is 15.9 Å². The summed E-state index contributed by atoms with van der Waals surface area (Å²) in [5, 5.41) is 9.70. The van der Waals surface area contributed by atoms with Gasteiger partial charge in [-0.3, -0.25) is 4.79 Å². The van der Waals surface area contributed by atoms with E-state index in [1.54, 1.807) is 24.1 Å². The van der Waals surface area contributed by atoms with Crippen LogP contribution in [-0.4, -0.2) is 24.4 Å². The molecule has 2 aromatic rings. The van der Waals surface area contributed by atoms with Gasteiger partial charge >= 0.3 is 0 Å². The highest BCUT2D eigenvalue weighted by molar-refractivity contribution is 9.10. The van der Waals surface area contributed by atoms with E-state index >= 15 is 0 Å². The van der Waals surface area contributed by atoms with Crippen LogP contribution in [0.25, 0.3) is 11.0 Å².